The molecule has 12 heteroatoms. The van der Waals surface area contributed by atoms with Crippen LogP contribution in [0.4, 0.5) is 28.8 Å². The average molecular weight is 731 g/mol. The highest BCUT2D eigenvalue weighted by Crippen LogP contribution is 2.38. The number of hydrogen-bond acceptors (Lipinski definition) is 9. The third-order valence-corrected chi connectivity index (χ3v) is 11.3. The van der Waals surface area contributed by atoms with Crippen LogP contribution < -0.4 is 25.6 Å². The molecule has 0 spiro atoms. The summed E-state index contributed by atoms with van der Waals surface area (Å²) in [5.74, 6) is 4.56. The number of piperidine rings is 1. The number of likely N-dealkylation sites (N-methyl/N-ethyl adjacent to an activating group) is 1. The van der Waals surface area contributed by atoms with Gasteiger partial charge in [0, 0.05) is 80.4 Å². The first-order valence-corrected chi connectivity index (χ1v) is 19.6. The number of benzene rings is 2. The smallest absolute Gasteiger partial charge is 0.229 e. The monoisotopic (exact) mass is 729 g/mol. The molecule has 4 aromatic rings. The van der Waals surface area contributed by atoms with Crippen LogP contribution in [-0.4, -0.2) is 102 Å². The number of piperazine rings is 1. The number of halogens is 1. The number of aryl methyl sites for hydroxylation is 1. The molecule has 6 rings (SSSR count). The molecule has 2 fully saturated rings. The van der Waals surface area contributed by atoms with Crippen LogP contribution in [0.15, 0.2) is 53.4 Å². The summed E-state index contributed by atoms with van der Waals surface area (Å²) in [7, 11) is 3.50. The van der Waals surface area contributed by atoms with E-state index in [9.17, 15) is 0 Å². The standard InChI is InChI=1S/C36H45BrN9OP/c1-7-25-22-39-46(24-25)28-9-10-30(34(20-28)48(5)6)40-35-29(37)23-38-36(42-35)41-31-19-26(8-2)32(21-33(31)47-4)45-13-11-27(12-14-45)44-17-15-43(3)16-18-44/h1,9-10,19-24,27H,8,11-18H2,2-6H3,(H2,38,40,41,42). The van der Waals surface area contributed by atoms with Crippen LogP contribution in [0.1, 0.15) is 30.9 Å². The van der Waals surface area contributed by atoms with E-state index in [-0.39, 0.29) is 0 Å². The SMILES string of the molecule is C#Cc1cnn(-c2ccc(Nc3nc(Nc4cc(CC)c(N5CCC(N6CCN(C)CC6)CC5)cc4OC)ncc3Br)c(P(C)C)c2)c1. The van der Waals surface area contributed by atoms with Crippen LogP contribution in [0, 0.1) is 12.3 Å². The third-order valence-electron chi connectivity index (χ3n) is 9.36. The predicted molar refractivity (Wildman–Crippen MR) is 203 cm³/mol. The summed E-state index contributed by atoms with van der Waals surface area (Å²) in [6.45, 7) is 13.5. The van der Waals surface area contributed by atoms with Crippen molar-refractivity contribution in [2.24, 2.45) is 0 Å². The van der Waals surface area contributed by atoms with Crippen LogP contribution in [0.3, 0.4) is 0 Å². The Balaban J connectivity index is 1.19. The minimum absolute atomic E-state index is 0.445. The van der Waals surface area contributed by atoms with Gasteiger partial charge in [0.1, 0.15) is 11.6 Å². The van der Waals surface area contributed by atoms with Gasteiger partial charge in [-0.1, -0.05) is 20.8 Å². The molecule has 2 aliphatic rings. The Kier molecular flexibility index (Phi) is 10.9. The maximum atomic E-state index is 5.92. The molecule has 0 aliphatic carbocycles. The summed E-state index contributed by atoms with van der Waals surface area (Å²) >= 11 is 3.66. The van der Waals surface area contributed by atoms with Crippen molar-refractivity contribution >= 4 is 58.0 Å². The molecule has 0 radical (unpaired) electrons. The first-order valence-electron chi connectivity index (χ1n) is 16.5. The van der Waals surface area contributed by atoms with Gasteiger partial charge in [-0.3, -0.25) is 4.90 Å². The van der Waals surface area contributed by atoms with Gasteiger partial charge in [-0.2, -0.15) is 10.1 Å². The van der Waals surface area contributed by atoms with E-state index < -0.39 is 7.92 Å². The van der Waals surface area contributed by atoms with Gasteiger partial charge in [-0.05, 0) is 85.4 Å². The third kappa shape index (κ3) is 7.63. The highest BCUT2D eigenvalue weighted by atomic mass is 79.9. The molecule has 0 saturated carbocycles. The Morgan fingerprint density at radius 3 is 2.46 bits per heavy atom. The van der Waals surface area contributed by atoms with Crippen LogP contribution >= 0.6 is 23.9 Å². The Morgan fingerprint density at radius 2 is 1.79 bits per heavy atom. The molecule has 0 bridgehead atoms. The van der Waals surface area contributed by atoms with Crippen LogP contribution in [0.25, 0.3) is 5.69 Å². The fourth-order valence-corrected chi connectivity index (χ4v) is 7.85. The summed E-state index contributed by atoms with van der Waals surface area (Å²) < 4.78 is 8.50. The molecule has 0 unspecified atom stereocenters. The van der Waals surface area contributed by atoms with E-state index >= 15 is 0 Å². The lowest BCUT2D eigenvalue weighted by molar-refractivity contribution is 0.0982. The Morgan fingerprint density at radius 1 is 1.02 bits per heavy atom. The Hall–Kier alpha value is -3.68. The van der Waals surface area contributed by atoms with Crippen molar-refractivity contribution in [3.8, 4) is 23.8 Å². The summed E-state index contributed by atoms with van der Waals surface area (Å²) in [6, 6.07) is 11.3. The second-order valence-electron chi connectivity index (χ2n) is 12.6. The minimum atomic E-state index is -0.445. The van der Waals surface area contributed by atoms with E-state index in [1.165, 1.54) is 55.6 Å². The normalized spacial score (nSPS) is 16.2. The van der Waals surface area contributed by atoms with Crippen molar-refractivity contribution in [1.82, 2.24) is 29.5 Å². The topological polar surface area (TPSA) is 86.6 Å². The van der Waals surface area contributed by atoms with Gasteiger partial charge in [-0.25, -0.2) is 9.67 Å². The molecular formula is C36H45BrN9OP. The fourth-order valence-electron chi connectivity index (χ4n) is 6.56. The molecular weight excluding hydrogens is 685 g/mol. The second kappa shape index (κ2) is 15.3. The number of terminal acetylenes is 1. The molecule has 2 N–H and O–H groups in total. The number of nitrogens with zero attached hydrogens (tertiary/aromatic N) is 7. The number of methoxy groups -OCH3 is 1. The summed E-state index contributed by atoms with van der Waals surface area (Å²) in [6.07, 6.45) is 14.2. The van der Waals surface area contributed by atoms with Gasteiger partial charge < -0.3 is 25.2 Å². The van der Waals surface area contributed by atoms with Crippen LogP contribution in [0.2, 0.25) is 0 Å². The van der Waals surface area contributed by atoms with Crippen molar-refractivity contribution in [2.75, 3.05) is 82.3 Å². The predicted octanol–water partition coefficient (Wildman–Crippen LogP) is 6.05. The van der Waals surface area contributed by atoms with Gasteiger partial charge in [0.25, 0.3) is 0 Å². The number of rotatable bonds is 10. The number of hydrogen-bond donors (Lipinski definition) is 2. The zero-order valence-electron chi connectivity index (χ0n) is 28.5. The molecule has 2 aromatic heterocycles. The molecule has 2 aliphatic heterocycles. The van der Waals surface area contributed by atoms with Gasteiger partial charge in [0.2, 0.25) is 5.95 Å². The molecule has 0 amide bonds. The number of ether oxygens (including phenoxy) is 1. The fraction of sp³-hybridized carbons (Fsp3) is 0.417. The van der Waals surface area contributed by atoms with Crippen molar-refractivity contribution < 1.29 is 4.74 Å². The first-order chi connectivity index (χ1) is 23.3. The molecule has 0 atom stereocenters. The lowest BCUT2D eigenvalue weighted by Crippen LogP contribution is -2.52. The summed E-state index contributed by atoms with van der Waals surface area (Å²) in [5.41, 5.74) is 6.07. The summed E-state index contributed by atoms with van der Waals surface area (Å²) in [4.78, 5) is 17.1. The maximum Gasteiger partial charge on any atom is 0.229 e. The molecule has 48 heavy (non-hydrogen) atoms. The van der Waals surface area contributed by atoms with Gasteiger partial charge in [0.15, 0.2) is 0 Å². The van der Waals surface area contributed by atoms with Crippen molar-refractivity contribution in [2.45, 2.75) is 32.2 Å². The number of anilines is 5. The molecule has 252 valence electrons. The zero-order valence-corrected chi connectivity index (χ0v) is 31.0. The van der Waals surface area contributed by atoms with Crippen LogP contribution in [-0.2, 0) is 6.42 Å². The highest BCUT2D eigenvalue weighted by molar-refractivity contribution is 9.10. The average Bonchev–Trinajstić information content (AvgIpc) is 3.59. The van der Waals surface area contributed by atoms with E-state index in [0.717, 1.165) is 52.4 Å². The lowest BCUT2D eigenvalue weighted by Gasteiger charge is -2.43. The Labute approximate surface area is 294 Å². The van der Waals surface area contributed by atoms with E-state index in [0.29, 0.717) is 17.8 Å². The minimum Gasteiger partial charge on any atom is -0.494 e. The first kappa shape index (κ1) is 34.2. The van der Waals surface area contributed by atoms with E-state index in [1.54, 1.807) is 19.5 Å². The molecule has 2 saturated heterocycles. The van der Waals surface area contributed by atoms with Crippen LogP contribution in [0.5, 0.6) is 5.75 Å². The maximum absolute atomic E-state index is 5.92. The van der Waals surface area contributed by atoms with Crippen molar-refractivity contribution in [3.63, 3.8) is 0 Å². The van der Waals surface area contributed by atoms with Gasteiger partial charge in [-0.15, -0.1) is 6.42 Å². The Bertz CT molecular complexity index is 1770. The summed E-state index contributed by atoms with van der Waals surface area (Å²) in [5, 5.41) is 12.6. The number of aromatic nitrogens is 4. The molecule has 4 heterocycles. The van der Waals surface area contributed by atoms with E-state index in [2.05, 4.69) is 109 Å². The van der Waals surface area contributed by atoms with E-state index in [1.807, 2.05) is 16.9 Å². The number of nitrogens with one attached hydrogen (secondary N) is 2. The van der Waals surface area contributed by atoms with Crippen molar-refractivity contribution in [1.29, 1.82) is 0 Å². The van der Waals surface area contributed by atoms with Gasteiger partial charge >= 0.3 is 0 Å². The van der Waals surface area contributed by atoms with Gasteiger partial charge in [0.05, 0.1) is 34.7 Å². The molecule has 2 aromatic carbocycles. The highest BCUT2D eigenvalue weighted by Gasteiger charge is 2.28. The zero-order chi connectivity index (χ0) is 33.8. The second-order valence-corrected chi connectivity index (χ2v) is 15.8. The molecule has 10 nitrogen and oxygen atoms in total. The largest absolute Gasteiger partial charge is 0.494 e. The van der Waals surface area contributed by atoms with E-state index in [4.69, 9.17) is 16.1 Å². The van der Waals surface area contributed by atoms with Crippen molar-refractivity contribution in [3.05, 3.63) is 64.5 Å². The lowest BCUT2D eigenvalue weighted by atomic mass is 9.99. The quantitative estimate of drug-likeness (QED) is 0.150.